The van der Waals surface area contributed by atoms with Crippen LogP contribution in [0.1, 0.15) is 28.8 Å². The number of fused-ring (bicyclic) bond motifs is 2. The lowest BCUT2D eigenvalue weighted by molar-refractivity contribution is 0.102. The van der Waals surface area contributed by atoms with Crippen LogP contribution in [0.25, 0.3) is 16.6 Å². The average Bonchev–Trinajstić information content (AvgIpc) is 3.57. The van der Waals surface area contributed by atoms with Gasteiger partial charge in [0.25, 0.3) is 5.91 Å². The Bertz CT molecular complexity index is 1630. The highest BCUT2D eigenvalue weighted by Crippen LogP contribution is 2.29. The summed E-state index contributed by atoms with van der Waals surface area (Å²) in [4.78, 5) is 27.1. The smallest absolute Gasteiger partial charge is 0.274 e. The Morgan fingerprint density at radius 1 is 1.02 bits per heavy atom. The highest BCUT2D eigenvalue weighted by Gasteiger charge is 2.18. The first kappa shape index (κ1) is 26.0. The maximum absolute atomic E-state index is 13.2. The second kappa shape index (κ2) is 11.4. The van der Waals surface area contributed by atoms with Gasteiger partial charge < -0.3 is 15.0 Å². The van der Waals surface area contributed by atoms with Crippen molar-refractivity contribution < 1.29 is 9.53 Å². The molecule has 1 aliphatic rings. The average molecular weight is 539 g/mol. The third kappa shape index (κ3) is 5.41. The van der Waals surface area contributed by atoms with Gasteiger partial charge in [-0.05, 0) is 43.8 Å². The number of imidazole rings is 1. The van der Waals surface area contributed by atoms with Gasteiger partial charge in [0.05, 0.1) is 35.3 Å². The molecule has 1 N–H and O–H groups in total. The second-order valence-electron chi connectivity index (χ2n) is 10.1. The first-order chi connectivity index (χ1) is 19.6. The minimum Gasteiger partial charge on any atom is -0.476 e. The Balaban J connectivity index is 1.18. The molecule has 5 heterocycles. The van der Waals surface area contributed by atoms with E-state index in [1.54, 1.807) is 10.6 Å². The number of amides is 1. The molecule has 1 fully saturated rings. The van der Waals surface area contributed by atoms with E-state index in [9.17, 15) is 4.79 Å². The third-order valence-electron chi connectivity index (χ3n) is 7.43. The van der Waals surface area contributed by atoms with Gasteiger partial charge in [-0.1, -0.05) is 25.1 Å². The fourth-order valence-corrected chi connectivity index (χ4v) is 5.20. The lowest BCUT2D eigenvalue weighted by Gasteiger charge is -2.32. The Morgan fingerprint density at radius 2 is 1.88 bits per heavy atom. The number of rotatable bonds is 9. The van der Waals surface area contributed by atoms with E-state index in [-0.39, 0.29) is 5.91 Å². The number of anilines is 1. The molecule has 10 nitrogen and oxygen atoms in total. The molecule has 0 aliphatic carbocycles. The molecule has 206 valence electrons. The summed E-state index contributed by atoms with van der Waals surface area (Å²) >= 11 is 0. The summed E-state index contributed by atoms with van der Waals surface area (Å²) in [6.07, 6.45) is 4.17. The van der Waals surface area contributed by atoms with Crippen LogP contribution in [0.2, 0.25) is 0 Å². The van der Waals surface area contributed by atoms with E-state index in [0.717, 1.165) is 72.8 Å². The Morgan fingerprint density at radius 3 is 2.73 bits per heavy atom. The van der Waals surface area contributed by atoms with Gasteiger partial charge in [-0.2, -0.15) is 5.10 Å². The lowest BCUT2D eigenvalue weighted by atomic mass is 10.1. The van der Waals surface area contributed by atoms with E-state index in [2.05, 4.69) is 34.1 Å². The van der Waals surface area contributed by atoms with Crippen LogP contribution in [-0.4, -0.2) is 86.2 Å². The van der Waals surface area contributed by atoms with Crippen molar-refractivity contribution in [3.05, 3.63) is 84.1 Å². The molecule has 1 amide bonds. The van der Waals surface area contributed by atoms with Crippen molar-refractivity contribution in [2.75, 3.05) is 51.7 Å². The van der Waals surface area contributed by atoms with E-state index in [0.29, 0.717) is 24.7 Å². The molecule has 1 aromatic carbocycles. The van der Waals surface area contributed by atoms with Crippen LogP contribution in [0.15, 0.2) is 67.0 Å². The number of hydrogen-bond acceptors (Lipinski definition) is 7. The SMILES string of the molecule is CCc1nn(Cc2cccc(OCCN3CCN(C)CC3)n2)c2cccc(NC(=O)c3cnc4ccccn34)c12. The molecule has 10 heteroatoms. The zero-order valence-corrected chi connectivity index (χ0v) is 23.0. The normalized spacial score (nSPS) is 14.7. The first-order valence-electron chi connectivity index (χ1n) is 13.8. The van der Waals surface area contributed by atoms with Crippen LogP contribution in [0, 0.1) is 0 Å². The predicted octanol–water partition coefficient (Wildman–Crippen LogP) is 3.57. The standard InChI is InChI=1S/C30H34N8O2/c1-3-23-29-24(33-30(39)26-20-31-27-11-4-5-13-37(26)27)9-7-10-25(29)38(34-23)21-22-8-6-12-28(32-22)40-19-18-36-16-14-35(2)15-17-36/h4-13,20H,3,14-19,21H2,1-2H3,(H,33,39). The quantitative estimate of drug-likeness (QED) is 0.307. The molecule has 1 saturated heterocycles. The minimum absolute atomic E-state index is 0.218. The van der Waals surface area contributed by atoms with Gasteiger partial charge in [-0.25, -0.2) is 9.97 Å². The predicted molar refractivity (Wildman–Crippen MR) is 155 cm³/mol. The van der Waals surface area contributed by atoms with Crippen LogP contribution in [0.3, 0.4) is 0 Å². The number of ether oxygens (including phenoxy) is 1. The minimum atomic E-state index is -0.218. The molecule has 0 spiro atoms. The number of carbonyl (C=O) groups is 1. The maximum atomic E-state index is 13.2. The number of benzene rings is 1. The molecule has 1 aliphatic heterocycles. The number of carbonyl (C=O) groups excluding carboxylic acids is 1. The summed E-state index contributed by atoms with van der Waals surface area (Å²) < 4.78 is 9.74. The number of likely N-dealkylation sites (N-methyl/N-ethyl adjacent to an activating group) is 1. The summed E-state index contributed by atoms with van der Waals surface area (Å²) in [5.41, 5.74) is 4.66. The molecule has 0 atom stereocenters. The van der Waals surface area contributed by atoms with Crippen molar-refractivity contribution in [1.82, 2.24) is 33.9 Å². The van der Waals surface area contributed by atoms with Crippen molar-refractivity contribution in [2.24, 2.45) is 0 Å². The third-order valence-corrected chi connectivity index (χ3v) is 7.43. The van der Waals surface area contributed by atoms with Gasteiger partial charge in [0.1, 0.15) is 17.9 Å². The zero-order valence-electron chi connectivity index (χ0n) is 23.0. The number of pyridine rings is 2. The summed E-state index contributed by atoms with van der Waals surface area (Å²) in [6, 6.07) is 17.4. The van der Waals surface area contributed by atoms with Gasteiger partial charge in [0.15, 0.2) is 0 Å². The van der Waals surface area contributed by atoms with Crippen molar-refractivity contribution in [3.63, 3.8) is 0 Å². The second-order valence-corrected chi connectivity index (χ2v) is 10.1. The van der Waals surface area contributed by atoms with E-state index in [4.69, 9.17) is 14.8 Å². The number of hydrogen-bond donors (Lipinski definition) is 1. The van der Waals surface area contributed by atoms with Crippen molar-refractivity contribution in [2.45, 2.75) is 19.9 Å². The first-order valence-corrected chi connectivity index (χ1v) is 13.8. The molecular formula is C30H34N8O2. The van der Waals surface area contributed by atoms with Gasteiger partial charge in [-0.15, -0.1) is 0 Å². The van der Waals surface area contributed by atoms with E-state index in [1.165, 1.54) is 0 Å². The summed E-state index contributed by atoms with van der Waals surface area (Å²) in [7, 11) is 2.16. The topological polar surface area (TPSA) is 92.8 Å². The van der Waals surface area contributed by atoms with Crippen molar-refractivity contribution in [3.8, 4) is 5.88 Å². The molecule has 0 saturated carbocycles. The van der Waals surface area contributed by atoms with Crippen molar-refractivity contribution in [1.29, 1.82) is 0 Å². The largest absolute Gasteiger partial charge is 0.476 e. The Labute approximate surface area is 233 Å². The van der Waals surface area contributed by atoms with Gasteiger partial charge in [0.2, 0.25) is 5.88 Å². The van der Waals surface area contributed by atoms with Gasteiger partial charge in [-0.3, -0.25) is 18.8 Å². The maximum Gasteiger partial charge on any atom is 0.274 e. The molecule has 40 heavy (non-hydrogen) atoms. The van der Waals surface area contributed by atoms with E-state index in [1.807, 2.05) is 65.5 Å². The van der Waals surface area contributed by atoms with Crippen LogP contribution >= 0.6 is 0 Å². The molecule has 0 radical (unpaired) electrons. The van der Waals surface area contributed by atoms with Gasteiger partial charge >= 0.3 is 0 Å². The Kier molecular flexibility index (Phi) is 7.43. The molecular weight excluding hydrogens is 504 g/mol. The van der Waals surface area contributed by atoms with Crippen LogP contribution < -0.4 is 10.1 Å². The summed E-state index contributed by atoms with van der Waals surface area (Å²) in [5, 5.41) is 8.93. The number of nitrogens with one attached hydrogen (secondary N) is 1. The molecule has 0 unspecified atom stereocenters. The number of aromatic nitrogens is 5. The van der Waals surface area contributed by atoms with Crippen molar-refractivity contribution >= 4 is 28.1 Å². The molecule has 6 rings (SSSR count). The fourth-order valence-electron chi connectivity index (χ4n) is 5.20. The van der Waals surface area contributed by atoms with Crippen LogP contribution in [0.4, 0.5) is 5.69 Å². The molecule has 5 aromatic rings. The zero-order chi connectivity index (χ0) is 27.5. The Hall–Kier alpha value is -4.28. The van der Waals surface area contributed by atoms with E-state index < -0.39 is 0 Å². The monoisotopic (exact) mass is 538 g/mol. The summed E-state index contributed by atoms with van der Waals surface area (Å²) in [6.45, 7) is 8.41. The fraction of sp³-hybridized carbons (Fsp3) is 0.333. The van der Waals surface area contributed by atoms with Crippen LogP contribution in [0.5, 0.6) is 5.88 Å². The van der Waals surface area contributed by atoms with Gasteiger partial charge in [0, 0.05) is 50.4 Å². The highest BCUT2D eigenvalue weighted by molar-refractivity contribution is 6.08. The lowest BCUT2D eigenvalue weighted by Crippen LogP contribution is -2.45. The van der Waals surface area contributed by atoms with Crippen LogP contribution in [-0.2, 0) is 13.0 Å². The highest BCUT2D eigenvalue weighted by atomic mass is 16.5. The number of aryl methyl sites for hydroxylation is 1. The molecule has 0 bridgehead atoms. The number of nitrogens with zero attached hydrogens (tertiary/aromatic N) is 7. The molecule has 4 aromatic heterocycles. The van der Waals surface area contributed by atoms with E-state index >= 15 is 0 Å². The summed E-state index contributed by atoms with van der Waals surface area (Å²) in [5.74, 6) is 0.406. The number of piperazine rings is 1.